The van der Waals surface area contributed by atoms with E-state index in [0.717, 1.165) is 25.3 Å². The number of pyridine rings is 1. The monoisotopic (exact) mass is 297 g/mol. The maximum atomic E-state index is 12.5. The molecule has 0 aliphatic carbocycles. The van der Waals surface area contributed by atoms with Gasteiger partial charge in [0.15, 0.2) is 5.43 Å². The molecule has 2 aromatic rings. The molecular weight excluding hydrogens is 287 g/mol. The molecule has 0 radical (unpaired) electrons. The number of alkyl halides is 3. The normalized spacial score (nSPS) is 11.2. The number of benzene rings is 1. The van der Waals surface area contributed by atoms with E-state index in [4.69, 9.17) is 0 Å². The molecule has 0 saturated carbocycles. The highest BCUT2D eigenvalue weighted by atomic mass is 19.4. The highest BCUT2D eigenvalue weighted by molar-refractivity contribution is 5.89. The van der Waals surface area contributed by atoms with Crippen molar-refractivity contribution in [2.45, 2.75) is 6.18 Å². The number of methoxy groups -OCH3 is 1. The largest absolute Gasteiger partial charge is 0.465 e. The van der Waals surface area contributed by atoms with Crippen molar-refractivity contribution in [1.29, 1.82) is 0 Å². The Kier molecular flexibility index (Phi) is 3.84. The van der Waals surface area contributed by atoms with Gasteiger partial charge in [-0.25, -0.2) is 4.79 Å². The summed E-state index contributed by atoms with van der Waals surface area (Å²) >= 11 is 0. The zero-order valence-electron chi connectivity index (χ0n) is 10.8. The van der Waals surface area contributed by atoms with Crippen molar-refractivity contribution in [3.63, 3.8) is 0 Å². The Hall–Kier alpha value is -2.57. The minimum Gasteiger partial charge on any atom is -0.465 e. The van der Waals surface area contributed by atoms with Crippen LogP contribution in [-0.2, 0) is 10.9 Å². The standard InChI is InChI=1S/C14H10F3NO3/c1-21-13(20)10-7-18-11(6-12(10)19)8-2-4-9(5-3-8)14(15,16)17/h2-7H,1H3,(H,18,19). The molecule has 1 N–H and O–H groups in total. The number of halogens is 3. The van der Waals surface area contributed by atoms with Crippen molar-refractivity contribution < 1.29 is 22.7 Å². The quantitative estimate of drug-likeness (QED) is 0.867. The van der Waals surface area contributed by atoms with Crippen molar-refractivity contribution in [3.8, 4) is 11.3 Å². The molecule has 1 aromatic carbocycles. The fourth-order valence-corrected chi connectivity index (χ4v) is 1.75. The third-order valence-corrected chi connectivity index (χ3v) is 2.84. The zero-order valence-corrected chi connectivity index (χ0v) is 10.8. The van der Waals surface area contributed by atoms with Gasteiger partial charge in [0.2, 0.25) is 0 Å². The first kappa shape index (κ1) is 14.8. The highest BCUT2D eigenvalue weighted by Crippen LogP contribution is 2.30. The van der Waals surface area contributed by atoms with Crippen LogP contribution in [0.2, 0.25) is 0 Å². The highest BCUT2D eigenvalue weighted by Gasteiger charge is 2.30. The summed E-state index contributed by atoms with van der Waals surface area (Å²) in [6, 6.07) is 5.45. The molecule has 0 bridgehead atoms. The molecule has 0 fully saturated rings. The molecular formula is C14H10F3NO3. The lowest BCUT2D eigenvalue weighted by molar-refractivity contribution is -0.137. The molecule has 0 amide bonds. The van der Waals surface area contributed by atoms with E-state index in [1.165, 1.54) is 18.3 Å². The predicted octanol–water partition coefficient (Wildman–Crippen LogP) is 2.85. The van der Waals surface area contributed by atoms with Crippen molar-refractivity contribution in [2.75, 3.05) is 7.11 Å². The Morgan fingerprint density at radius 1 is 1.19 bits per heavy atom. The molecule has 0 aliphatic heterocycles. The second-order valence-corrected chi connectivity index (χ2v) is 4.19. The lowest BCUT2D eigenvalue weighted by atomic mass is 10.1. The number of aromatic nitrogens is 1. The summed E-state index contributed by atoms with van der Waals surface area (Å²) in [7, 11) is 1.14. The molecule has 0 spiro atoms. The van der Waals surface area contributed by atoms with Crippen LogP contribution in [0, 0.1) is 0 Å². The number of ether oxygens (including phenoxy) is 1. The number of H-pyrrole nitrogens is 1. The van der Waals surface area contributed by atoms with E-state index in [0.29, 0.717) is 11.3 Å². The number of hydrogen-bond donors (Lipinski definition) is 1. The molecule has 21 heavy (non-hydrogen) atoms. The van der Waals surface area contributed by atoms with Crippen LogP contribution in [0.1, 0.15) is 15.9 Å². The van der Waals surface area contributed by atoms with Gasteiger partial charge in [0.1, 0.15) is 5.56 Å². The summed E-state index contributed by atoms with van der Waals surface area (Å²) in [5.41, 5.74) is -0.818. The first-order valence-corrected chi connectivity index (χ1v) is 5.81. The summed E-state index contributed by atoms with van der Waals surface area (Å²) in [4.78, 5) is 25.7. The first-order valence-electron chi connectivity index (χ1n) is 5.81. The molecule has 0 saturated heterocycles. The molecule has 2 rings (SSSR count). The molecule has 110 valence electrons. The number of hydrogen-bond acceptors (Lipinski definition) is 3. The average molecular weight is 297 g/mol. The Morgan fingerprint density at radius 2 is 1.81 bits per heavy atom. The van der Waals surface area contributed by atoms with Crippen LogP contribution < -0.4 is 5.43 Å². The van der Waals surface area contributed by atoms with Gasteiger partial charge in [0.05, 0.1) is 12.7 Å². The summed E-state index contributed by atoms with van der Waals surface area (Å²) in [6.45, 7) is 0. The van der Waals surface area contributed by atoms with E-state index in [1.807, 2.05) is 0 Å². The molecule has 0 aliphatic rings. The predicted molar refractivity (Wildman–Crippen MR) is 68.8 cm³/mol. The van der Waals surface area contributed by atoms with Crippen molar-refractivity contribution in [1.82, 2.24) is 4.98 Å². The Morgan fingerprint density at radius 3 is 2.29 bits per heavy atom. The maximum absolute atomic E-state index is 12.5. The van der Waals surface area contributed by atoms with E-state index in [-0.39, 0.29) is 5.56 Å². The summed E-state index contributed by atoms with van der Waals surface area (Å²) in [5, 5.41) is 0. The van der Waals surface area contributed by atoms with Crippen LogP contribution in [0.5, 0.6) is 0 Å². The van der Waals surface area contributed by atoms with Crippen LogP contribution in [-0.4, -0.2) is 18.1 Å². The summed E-state index contributed by atoms with van der Waals surface area (Å²) < 4.78 is 41.8. The van der Waals surface area contributed by atoms with Gasteiger partial charge < -0.3 is 9.72 Å². The third kappa shape index (κ3) is 3.13. The van der Waals surface area contributed by atoms with E-state index in [9.17, 15) is 22.8 Å². The SMILES string of the molecule is COC(=O)c1c[nH]c(-c2ccc(C(F)(F)F)cc2)cc1=O. The smallest absolute Gasteiger partial charge is 0.416 e. The number of aromatic amines is 1. The van der Waals surface area contributed by atoms with Crippen LogP contribution in [0.25, 0.3) is 11.3 Å². The van der Waals surface area contributed by atoms with Crippen molar-refractivity contribution in [2.24, 2.45) is 0 Å². The summed E-state index contributed by atoms with van der Waals surface area (Å²) in [5.74, 6) is -0.782. The van der Waals surface area contributed by atoms with Crippen LogP contribution in [0.15, 0.2) is 41.3 Å². The van der Waals surface area contributed by atoms with Gasteiger partial charge in [-0.3, -0.25) is 4.79 Å². The van der Waals surface area contributed by atoms with Crippen LogP contribution in [0.3, 0.4) is 0 Å². The van der Waals surface area contributed by atoms with Gasteiger partial charge in [-0.15, -0.1) is 0 Å². The Bertz CT molecular complexity index is 717. The fraction of sp³-hybridized carbons (Fsp3) is 0.143. The Labute approximate surface area is 117 Å². The molecule has 0 unspecified atom stereocenters. The first-order chi connectivity index (χ1) is 9.82. The summed E-state index contributed by atoms with van der Waals surface area (Å²) in [6.07, 6.45) is -3.25. The van der Waals surface area contributed by atoms with E-state index >= 15 is 0 Å². The van der Waals surface area contributed by atoms with Gasteiger partial charge in [-0.05, 0) is 17.7 Å². The third-order valence-electron chi connectivity index (χ3n) is 2.84. The molecule has 7 heteroatoms. The van der Waals surface area contributed by atoms with E-state index in [2.05, 4.69) is 9.72 Å². The molecule has 1 heterocycles. The van der Waals surface area contributed by atoms with E-state index < -0.39 is 23.1 Å². The van der Waals surface area contributed by atoms with Crippen molar-refractivity contribution >= 4 is 5.97 Å². The van der Waals surface area contributed by atoms with Gasteiger partial charge in [0, 0.05) is 18.0 Å². The van der Waals surface area contributed by atoms with Crippen LogP contribution in [0.4, 0.5) is 13.2 Å². The lowest BCUT2D eigenvalue weighted by Gasteiger charge is -2.08. The number of esters is 1. The number of carbonyl (C=O) groups is 1. The molecule has 4 nitrogen and oxygen atoms in total. The number of nitrogens with one attached hydrogen (secondary N) is 1. The van der Waals surface area contributed by atoms with E-state index in [1.54, 1.807) is 0 Å². The topological polar surface area (TPSA) is 59.2 Å². The minimum absolute atomic E-state index is 0.173. The maximum Gasteiger partial charge on any atom is 0.416 e. The zero-order chi connectivity index (χ0) is 15.6. The van der Waals surface area contributed by atoms with Crippen molar-refractivity contribution in [3.05, 3.63) is 57.9 Å². The lowest BCUT2D eigenvalue weighted by Crippen LogP contribution is -2.16. The van der Waals surface area contributed by atoms with Gasteiger partial charge in [-0.1, -0.05) is 12.1 Å². The molecule has 0 atom stereocenters. The minimum atomic E-state index is -4.42. The van der Waals surface area contributed by atoms with Gasteiger partial charge >= 0.3 is 12.1 Å². The van der Waals surface area contributed by atoms with Gasteiger partial charge in [0.25, 0.3) is 0 Å². The van der Waals surface area contributed by atoms with Gasteiger partial charge in [-0.2, -0.15) is 13.2 Å². The Balaban J connectivity index is 2.37. The number of carbonyl (C=O) groups excluding carboxylic acids is 1. The van der Waals surface area contributed by atoms with Crippen LogP contribution >= 0.6 is 0 Å². The second-order valence-electron chi connectivity index (χ2n) is 4.19. The molecule has 1 aromatic heterocycles. The number of rotatable bonds is 2. The second kappa shape index (κ2) is 5.43. The average Bonchev–Trinajstić information content (AvgIpc) is 2.45. The fourth-order valence-electron chi connectivity index (χ4n) is 1.75.